The monoisotopic (exact) mass is 211 g/mol. The maximum atomic E-state index is 11.9. The molecule has 0 aromatic rings. The van der Waals surface area contributed by atoms with E-state index in [4.69, 9.17) is 0 Å². The summed E-state index contributed by atoms with van der Waals surface area (Å²) in [6.07, 6.45) is -4.22. The molecule has 3 N–H and O–H groups in total. The van der Waals surface area contributed by atoms with E-state index in [1.807, 2.05) is 10.6 Å². The van der Waals surface area contributed by atoms with Crippen molar-refractivity contribution >= 4 is 5.91 Å². The Kier molecular flexibility index (Phi) is 3.36. The van der Waals surface area contributed by atoms with Crippen LogP contribution in [0.5, 0.6) is 0 Å². The normalized spacial score (nSPS) is 20.0. The van der Waals surface area contributed by atoms with Crippen LogP contribution in [-0.2, 0) is 4.79 Å². The maximum absolute atomic E-state index is 11.9. The first kappa shape index (κ1) is 11.3. The van der Waals surface area contributed by atoms with Gasteiger partial charge in [0.2, 0.25) is 0 Å². The van der Waals surface area contributed by atoms with E-state index in [1.54, 1.807) is 6.92 Å². The molecule has 0 aliphatic carbocycles. The van der Waals surface area contributed by atoms with E-state index in [-0.39, 0.29) is 12.0 Å². The van der Waals surface area contributed by atoms with Crippen molar-refractivity contribution in [3.8, 4) is 0 Å². The number of alkyl halides is 3. The van der Waals surface area contributed by atoms with Gasteiger partial charge in [-0.1, -0.05) is 6.92 Å². The molecular weight excluding hydrogens is 197 g/mol. The number of hydrogen-bond acceptors (Lipinski definition) is 1. The van der Waals surface area contributed by atoms with Gasteiger partial charge in [0.25, 0.3) is 0 Å². The van der Waals surface area contributed by atoms with Crippen molar-refractivity contribution in [1.82, 2.24) is 5.32 Å². The average molecular weight is 211 g/mol. The van der Waals surface area contributed by atoms with E-state index in [1.165, 1.54) is 0 Å². The van der Waals surface area contributed by atoms with Gasteiger partial charge in [0.15, 0.2) is 0 Å². The molecule has 1 fully saturated rings. The summed E-state index contributed by atoms with van der Waals surface area (Å²) in [7, 11) is 0. The summed E-state index contributed by atoms with van der Waals surface area (Å²) in [6.45, 7) is 3.38. The van der Waals surface area contributed by atoms with Gasteiger partial charge in [0.1, 0.15) is 0 Å². The average Bonchev–Trinajstić information content (AvgIpc) is 1.97. The van der Waals surface area contributed by atoms with Crippen LogP contribution in [0.1, 0.15) is 13.3 Å². The molecule has 1 saturated heterocycles. The van der Waals surface area contributed by atoms with Crippen LogP contribution in [0.25, 0.3) is 0 Å². The molecule has 0 radical (unpaired) electrons. The van der Waals surface area contributed by atoms with E-state index < -0.39 is 12.1 Å². The van der Waals surface area contributed by atoms with E-state index >= 15 is 0 Å². The minimum Gasteiger partial charge on any atom is -0.345 e. The molecule has 82 valence electrons. The molecule has 0 spiro atoms. The number of nitrogens with two attached hydrogens (primary N) is 1. The second kappa shape index (κ2) is 4.16. The largest absolute Gasteiger partial charge is 0.471 e. The van der Waals surface area contributed by atoms with Crippen molar-refractivity contribution < 1.29 is 23.3 Å². The summed E-state index contributed by atoms with van der Waals surface area (Å²) in [4.78, 5) is 10.6. The Morgan fingerprint density at radius 3 is 2.43 bits per heavy atom. The van der Waals surface area contributed by atoms with Crippen LogP contribution in [0.4, 0.5) is 13.2 Å². The zero-order valence-corrected chi connectivity index (χ0v) is 7.90. The lowest BCUT2D eigenvalue weighted by atomic mass is 9.92. The zero-order chi connectivity index (χ0) is 10.8. The van der Waals surface area contributed by atoms with Gasteiger partial charge in [-0.3, -0.25) is 4.79 Å². The number of amides is 1. The fourth-order valence-corrected chi connectivity index (χ4v) is 1.49. The number of hydrogen-bond donors (Lipinski definition) is 2. The van der Waals surface area contributed by atoms with E-state index in [0.717, 1.165) is 13.1 Å². The zero-order valence-electron chi connectivity index (χ0n) is 7.90. The maximum Gasteiger partial charge on any atom is 0.471 e. The van der Waals surface area contributed by atoms with E-state index in [9.17, 15) is 18.0 Å². The smallest absolute Gasteiger partial charge is 0.345 e. The highest BCUT2D eigenvalue weighted by atomic mass is 19.4. The molecule has 0 bridgehead atoms. The molecular formula is C8H14F3N2O+. The van der Waals surface area contributed by atoms with Crippen molar-refractivity contribution in [3.05, 3.63) is 0 Å². The van der Waals surface area contributed by atoms with Gasteiger partial charge in [-0.25, -0.2) is 0 Å². The van der Waals surface area contributed by atoms with Crippen molar-refractivity contribution in [3.63, 3.8) is 0 Å². The predicted octanol–water partition coefficient (Wildman–Crippen LogP) is -0.363. The first-order chi connectivity index (χ1) is 6.45. The minimum atomic E-state index is -4.76. The molecule has 14 heavy (non-hydrogen) atoms. The predicted molar refractivity (Wildman–Crippen MR) is 43.4 cm³/mol. The van der Waals surface area contributed by atoms with Crippen LogP contribution >= 0.6 is 0 Å². The Morgan fingerprint density at radius 1 is 1.57 bits per heavy atom. The highest BCUT2D eigenvalue weighted by Crippen LogP contribution is 2.16. The summed E-state index contributed by atoms with van der Waals surface area (Å²) in [5, 5.41) is 4.03. The van der Waals surface area contributed by atoms with Crippen molar-refractivity contribution in [2.75, 3.05) is 13.1 Å². The van der Waals surface area contributed by atoms with Gasteiger partial charge in [0, 0.05) is 6.04 Å². The molecule has 1 aliphatic rings. The Morgan fingerprint density at radius 2 is 2.14 bits per heavy atom. The summed E-state index contributed by atoms with van der Waals surface area (Å²) < 4.78 is 35.7. The lowest BCUT2D eigenvalue weighted by Crippen LogP contribution is -2.97. The van der Waals surface area contributed by atoms with Crippen LogP contribution in [0.2, 0.25) is 0 Å². The number of rotatable bonds is 3. The molecule has 0 aromatic heterocycles. The number of nitrogens with one attached hydrogen (secondary N) is 1. The highest BCUT2D eigenvalue weighted by molar-refractivity contribution is 5.81. The topological polar surface area (TPSA) is 45.7 Å². The highest BCUT2D eigenvalue weighted by Gasteiger charge is 2.41. The van der Waals surface area contributed by atoms with Crippen molar-refractivity contribution in [2.45, 2.75) is 25.6 Å². The van der Waals surface area contributed by atoms with Crippen molar-refractivity contribution in [2.24, 2.45) is 5.92 Å². The van der Waals surface area contributed by atoms with Crippen LogP contribution < -0.4 is 10.6 Å². The van der Waals surface area contributed by atoms with Gasteiger partial charge < -0.3 is 10.6 Å². The molecule has 6 heteroatoms. The second-order valence-electron chi connectivity index (χ2n) is 3.51. The Hall–Kier alpha value is -0.780. The fraction of sp³-hybridized carbons (Fsp3) is 0.875. The molecule has 1 unspecified atom stereocenters. The molecule has 1 rings (SSSR count). The Balaban J connectivity index is 2.43. The summed E-state index contributed by atoms with van der Waals surface area (Å²) in [5.74, 6) is -1.64. The third-order valence-electron chi connectivity index (χ3n) is 2.52. The molecule has 1 heterocycles. The molecule has 3 nitrogen and oxygen atoms in total. The summed E-state index contributed by atoms with van der Waals surface area (Å²) in [5.41, 5.74) is 0. The van der Waals surface area contributed by atoms with E-state index in [0.29, 0.717) is 6.42 Å². The fourth-order valence-electron chi connectivity index (χ4n) is 1.49. The van der Waals surface area contributed by atoms with Crippen LogP contribution in [0.3, 0.4) is 0 Å². The van der Waals surface area contributed by atoms with Gasteiger partial charge in [-0.05, 0) is 6.42 Å². The first-order valence-electron chi connectivity index (χ1n) is 4.64. The molecule has 1 aliphatic heterocycles. The lowest BCUT2D eigenvalue weighted by Gasteiger charge is -2.31. The molecule has 1 amide bonds. The van der Waals surface area contributed by atoms with Gasteiger partial charge in [0.05, 0.1) is 19.0 Å². The van der Waals surface area contributed by atoms with Crippen molar-refractivity contribution in [1.29, 1.82) is 0 Å². The lowest BCUT2D eigenvalue weighted by molar-refractivity contribution is -0.724. The quantitative estimate of drug-likeness (QED) is 0.657. The Bertz CT molecular complexity index is 213. The Labute approximate surface area is 80.0 Å². The van der Waals surface area contributed by atoms with Gasteiger partial charge >= 0.3 is 12.1 Å². The molecule has 1 atom stereocenters. The van der Waals surface area contributed by atoms with E-state index in [2.05, 4.69) is 0 Å². The second-order valence-corrected chi connectivity index (χ2v) is 3.51. The van der Waals surface area contributed by atoms with Crippen LogP contribution in [0.15, 0.2) is 0 Å². The number of quaternary nitrogens is 1. The third-order valence-corrected chi connectivity index (χ3v) is 2.52. The van der Waals surface area contributed by atoms with Crippen LogP contribution in [-0.4, -0.2) is 31.2 Å². The first-order valence-corrected chi connectivity index (χ1v) is 4.64. The number of carbonyl (C=O) groups is 1. The molecule has 0 aromatic carbocycles. The van der Waals surface area contributed by atoms with Gasteiger partial charge in [-0.2, -0.15) is 13.2 Å². The summed E-state index contributed by atoms with van der Waals surface area (Å²) in [6, 6.07) is -0.339. The van der Waals surface area contributed by atoms with Gasteiger partial charge in [-0.15, -0.1) is 0 Å². The standard InChI is InChI=1S/C8H13F3N2O/c1-2-6(5-3-12-4-5)13-7(14)8(9,10)11/h5-6,12H,2-4H2,1H3,(H,13,14)/p+1. The van der Waals surface area contributed by atoms with Crippen LogP contribution in [0, 0.1) is 5.92 Å². The number of halogens is 3. The summed E-state index contributed by atoms with van der Waals surface area (Å²) >= 11 is 0. The SMILES string of the molecule is CCC(NC(=O)C(F)(F)F)C1C[NH2+]C1. The third kappa shape index (κ3) is 2.60. The minimum absolute atomic E-state index is 0.186. The molecule has 0 saturated carbocycles. The number of carbonyl (C=O) groups excluding carboxylic acids is 1.